The van der Waals surface area contributed by atoms with Crippen LogP contribution in [-0.2, 0) is 0 Å². The zero-order valence-corrected chi connectivity index (χ0v) is 17.0. The van der Waals surface area contributed by atoms with Crippen LogP contribution in [0.2, 0.25) is 0 Å². The van der Waals surface area contributed by atoms with E-state index in [0.29, 0.717) is 16.7 Å². The highest BCUT2D eigenvalue weighted by Crippen LogP contribution is 2.37. The van der Waals surface area contributed by atoms with E-state index in [1.807, 2.05) is 78.9 Å². The van der Waals surface area contributed by atoms with Crippen molar-refractivity contribution in [1.29, 1.82) is 0 Å². The number of carbonyl (C=O) groups excluding carboxylic acids is 2. The van der Waals surface area contributed by atoms with Crippen LogP contribution in [0.4, 0.5) is 0 Å². The quantitative estimate of drug-likeness (QED) is 0.416. The van der Waals surface area contributed by atoms with E-state index in [1.165, 1.54) is 0 Å². The summed E-state index contributed by atoms with van der Waals surface area (Å²) in [4.78, 5) is 32.6. The molecule has 31 heavy (non-hydrogen) atoms. The predicted octanol–water partition coefficient (Wildman–Crippen LogP) is 5.15. The molecule has 0 aliphatic heterocycles. The molecule has 1 amide bonds. The summed E-state index contributed by atoms with van der Waals surface area (Å²) in [5, 5.41) is 0. The van der Waals surface area contributed by atoms with E-state index in [1.54, 1.807) is 30.3 Å². The molecular formula is C27H20N2O2. The van der Waals surface area contributed by atoms with Gasteiger partial charge in [0.15, 0.2) is 5.78 Å². The Kier molecular flexibility index (Phi) is 4.68. The minimum Gasteiger partial charge on any atom is -0.329 e. The van der Waals surface area contributed by atoms with Gasteiger partial charge in [0.25, 0.3) is 5.91 Å². The Morgan fingerprint density at radius 2 is 1.45 bits per heavy atom. The average molecular weight is 404 g/mol. The molecule has 4 aromatic rings. The van der Waals surface area contributed by atoms with E-state index < -0.39 is 0 Å². The fraction of sp³-hybridized carbons (Fsp3) is 0.0741. The lowest BCUT2D eigenvalue weighted by Gasteiger charge is -2.28. The van der Waals surface area contributed by atoms with Gasteiger partial charge in [-0.2, -0.15) is 0 Å². The highest BCUT2D eigenvalue weighted by molar-refractivity contribution is 6.22. The van der Waals surface area contributed by atoms with Gasteiger partial charge in [-0.05, 0) is 41.0 Å². The number of hydrogen-bond acceptors (Lipinski definition) is 3. The molecule has 0 spiro atoms. The Bertz CT molecular complexity index is 1240. The molecule has 0 saturated heterocycles. The Hall–Kier alpha value is -4.05. The summed E-state index contributed by atoms with van der Waals surface area (Å²) in [5.41, 5.74) is 5.31. The number of rotatable bonds is 4. The Labute approximate surface area is 180 Å². The van der Waals surface area contributed by atoms with Crippen molar-refractivity contribution < 1.29 is 9.59 Å². The van der Waals surface area contributed by atoms with Gasteiger partial charge in [-0.25, -0.2) is 0 Å². The topological polar surface area (TPSA) is 50.3 Å². The summed E-state index contributed by atoms with van der Waals surface area (Å²) in [6.45, 7) is 0. The maximum Gasteiger partial charge on any atom is 0.254 e. The number of fused-ring (bicyclic) bond motifs is 3. The first kappa shape index (κ1) is 18.9. The summed E-state index contributed by atoms with van der Waals surface area (Å²) in [6, 6.07) is 28.1. The van der Waals surface area contributed by atoms with Crippen molar-refractivity contribution in [3.8, 4) is 11.1 Å². The largest absolute Gasteiger partial charge is 0.329 e. The number of carbonyl (C=O) groups is 2. The van der Waals surface area contributed by atoms with Crippen molar-refractivity contribution in [1.82, 2.24) is 9.88 Å². The number of ketones is 1. The second kappa shape index (κ2) is 7.65. The highest BCUT2D eigenvalue weighted by Gasteiger charge is 2.29. The Morgan fingerprint density at radius 1 is 0.774 bits per heavy atom. The van der Waals surface area contributed by atoms with E-state index in [0.717, 1.165) is 22.4 Å². The van der Waals surface area contributed by atoms with Crippen LogP contribution in [0, 0.1) is 0 Å². The molecule has 1 aliphatic rings. The normalized spacial score (nSPS) is 12.7. The molecule has 0 saturated carbocycles. The smallest absolute Gasteiger partial charge is 0.254 e. The maximum atomic E-state index is 13.5. The standard InChI is InChI=1S/C27H20N2O2/c1-29(25(18-9-3-2-4-10-18)24-13-7-8-16-28-24)27(31)19-14-15-21-20-11-5-6-12-22(20)26(30)23(21)17-19/h2-17,25H,1H3. The van der Waals surface area contributed by atoms with E-state index in [-0.39, 0.29) is 17.7 Å². The summed E-state index contributed by atoms with van der Waals surface area (Å²) < 4.78 is 0. The molecule has 5 rings (SSSR count). The molecular weight excluding hydrogens is 384 g/mol. The van der Waals surface area contributed by atoms with Gasteiger partial charge in [-0.3, -0.25) is 14.6 Å². The average Bonchev–Trinajstić information content (AvgIpc) is 3.12. The van der Waals surface area contributed by atoms with Gasteiger partial charge < -0.3 is 4.90 Å². The molecule has 4 heteroatoms. The van der Waals surface area contributed by atoms with Gasteiger partial charge >= 0.3 is 0 Å². The molecule has 1 heterocycles. The number of hydrogen-bond donors (Lipinski definition) is 0. The third-order valence-corrected chi connectivity index (χ3v) is 5.76. The van der Waals surface area contributed by atoms with E-state index in [4.69, 9.17) is 0 Å². The number of benzene rings is 3. The molecule has 0 bridgehead atoms. The summed E-state index contributed by atoms with van der Waals surface area (Å²) in [7, 11) is 1.78. The van der Waals surface area contributed by atoms with Crippen LogP contribution >= 0.6 is 0 Å². The third-order valence-electron chi connectivity index (χ3n) is 5.76. The monoisotopic (exact) mass is 404 g/mol. The minimum atomic E-state index is -0.337. The maximum absolute atomic E-state index is 13.5. The molecule has 1 aliphatic carbocycles. The zero-order chi connectivity index (χ0) is 21.4. The van der Waals surface area contributed by atoms with Crippen molar-refractivity contribution in [2.75, 3.05) is 7.05 Å². The number of nitrogens with zero attached hydrogens (tertiary/aromatic N) is 2. The van der Waals surface area contributed by atoms with Crippen LogP contribution in [-0.4, -0.2) is 28.6 Å². The third kappa shape index (κ3) is 3.22. The van der Waals surface area contributed by atoms with Gasteiger partial charge in [-0.1, -0.05) is 66.7 Å². The molecule has 0 N–H and O–H groups in total. The van der Waals surface area contributed by atoms with E-state index in [9.17, 15) is 9.59 Å². The molecule has 3 aromatic carbocycles. The first-order valence-corrected chi connectivity index (χ1v) is 10.2. The lowest BCUT2D eigenvalue weighted by atomic mass is 9.99. The fourth-order valence-electron chi connectivity index (χ4n) is 4.25. The van der Waals surface area contributed by atoms with Crippen molar-refractivity contribution in [3.63, 3.8) is 0 Å². The molecule has 4 nitrogen and oxygen atoms in total. The molecule has 0 radical (unpaired) electrons. The van der Waals surface area contributed by atoms with Gasteiger partial charge in [0.05, 0.1) is 11.7 Å². The van der Waals surface area contributed by atoms with Crippen LogP contribution in [0.15, 0.2) is 97.2 Å². The summed E-state index contributed by atoms with van der Waals surface area (Å²) >= 11 is 0. The van der Waals surface area contributed by atoms with Crippen LogP contribution in [0.5, 0.6) is 0 Å². The zero-order valence-electron chi connectivity index (χ0n) is 17.0. The number of pyridine rings is 1. The molecule has 0 fully saturated rings. The minimum absolute atomic E-state index is 0.0350. The van der Waals surface area contributed by atoms with Crippen molar-refractivity contribution in [2.45, 2.75) is 6.04 Å². The lowest BCUT2D eigenvalue weighted by Crippen LogP contribution is -2.32. The second-order valence-electron chi connectivity index (χ2n) is 7.62. The lowest BCUT2D eigenvalue weighted by molar-refractivity contribution is 0.0752. The molecule has 1 atom stereocenters. The predicted molar refractivity (Wildman–Crippen MR) is 120 cm³/mol. The van der Waals surface area contributed by atoms with Gasteiger partial charge in [0.2, 0.25) is 0 Å². The molecule has 1 aromatic heterocycles. The van der Waals surface area contributed by atoms with Crippen LogP contribution in [0.25, 0.3) is 11.1 Å². The Balaban J connectivity index is 1.53. The van der Waals surface area contributed by atoms with Crippen LogP contribution in [0.3, 0.4) is 0 Å². The molecule has 150 valence electrons. The fourth-order valence-corrected chi connectivity index (χ4v) is 4.25. The van der Waals surface area contributed by atoms with Gasteiger partial charge in [0.1, 0.15) is 0 Å². The first-order valence-electron chi connectivity index (χ1n) is 10.2. The van der Waals surface area contributed by atoms with Crippen molar-refractivity contribution >= 4 is 11.7 Å². The van der Waals surface area contributed by atoms with Crippen LogP contribution in [0.1, 0.15) is 43.6 Å². The number of amides is 1. The first-order chi connectivity index (χ1) is 15.1. The van der Waals surface area contributed by atoms with Gasteiger partial charge in [0, 0.05) is 29.9 Å². The summed E-state index contributed by atoms with van der Waals surface area (Å²) in [6.07, 6.45) is 1.73. The van der Waals surface area contributed by atoms with Gasteiger partial charge in [-0.15, -0.1) is 0 Å². The van der Waals surface area contributed by atoms with E-state index >= 15 is 0 Å². The highest BCUT2D eigenvalue weighted by atomic mass is 16.2. The molecule has 1 unspecified atom stereocenters. The van der Waals surface area contributed by atoms with Crippen LogP contribution < -0.4 is 0 Å². The number of aromatic nitrogens is 1. The van der Waals surface area contributed by atoms with Crippen molar-refractivity contribution in [2.24, 2.45) is 0 Å². The van der Waals surface area contributed by atoms with E-state index in [2.05, 4.69) is 4.98 Å². The second-order valence-corrected chi connectivity index (χ2v) is 7.62. The Morgan fingerprint density at radius 3 is 2.19 bits per heavy atom. The van der Waals surface area contributed by atoms with Crippen molar-refractivity contribution in [3.05, 3.63) is 125 Å². The summed E-state index contributed by atoms with van der Waals surface area (Å²) in [5.74, 6) is -0.196. The SMILES string of the molecule is CN(C(=O)c1ccc2c(c1)C(=O)c1ccccc1-2)C(c1ccccc1)c1ccccn1.